The fraction of sp³-hybridized carbons (Fsp3) is 0.455. The molecule has 1 nitrogen and oxygen atoms in total. The van der Waals surface area contributed by atoms with Gasteiger partial charge in [0.05, 0.1) is 0 Å². The average molecular weight is 193 g/mol. The Kier molecular flexibility index (Phi) is 2.81. The van der Waals surface area contributed by atoms with E-state index in [1.165, 1.54) is 23.4 Å². The minimum atomic E-state index is 1.12. The van der Waals surface area contributed by atoms with Gasteiger partial charge in [-0.25, -0.2) is 0 Å². The van der Waals surface area contributed by atoms with Crippen LogP contribution in [0, 0.1) is 6.92 Å². The Hall–Kier alpha value is -0.600. The number of aryl methyl sites for hydroxylation is 1. The van der Waals surface area contributed by atoms with Crippen LogP contribution in [0.4, 0.5) is 0 Å². The van der Waals surface area contributed by atoms with Crippen molar-refractivity contribution in [1.29, 1.82) is 0 Å². The van der Waals surface area contributed by atoms with Crippen molar-refractivity contribution in [2.24, 2.45) is 0 Å². The molecule has 0 unspecified atom stereocenters. The molecule has 0 saturated carbocycles. The molecular weight excluding hydrogens is 178 g/mol. The molecule has 1 aliphatic rings. The lowest BCUT2D eigenvalue weighted by Crippen LogP contribution is -2.26. The SMILES string of the molecule is Cc1csc(CN2CC=CCC2)c1. The molecule has 0 atom stereocenters. The van der Waals surface area contributed by atoms with E-state index in [9.17, 15) is 0 Å². The molecule has 2 rings (SSSR count). The third kappa shape index (κ3) is 2.42. The van der Waals surface area contributed by atoms with E-state index >= 15 is 0 Å². The Morgan fingerprint density at radius 2 is 2.38 bits per heavy atom. The summed E-state index contributed by atoms with van der Waals surface area (Å²) in [4.78, 5) is 3.98. The third-order valence-corrected chi connectivity index (χ3v) is 3.35. The quantitative estimate of drug-likeness (QED) is 0.653. The Labute approximate surface area is 83.7 Å². The number of hydrogen-bond donors (Lipinski definition) is 0. The predicted octanol–water partition coefficient (Wildman–Crippen LogP) is 2.82. The van der Waals surface area contributed by atoms with Gasteiger partial charge in [-0.05, 0) is 30.4 Å². The van der Waals surface area contributed by atoms with Crippen molar-refractivity contribution in [3.05, 3.63) is 34.0 Å². The van der Waals surface area contributed by atoms with Crippen molar-refractivity contribution in [2.45, 2.75) is 19.9 Å². The summed E-state index contributed by atoms with van der Waals surface area (Å²) >= 11 is 1.88. The molecule has 0 aromatic carbocycles. The summed E-state index contributed by atoms with van der Waals surface area (Å²) < 4.78 is 0. The first-order valence-electron chi connectivity index (χ1n) is 4.76. The molecule has 13 heavy (non-hydrogen) atoms. The van der Waals surface area contributed by atoms with Crippen molar-refractivity contribution in [3.8, 4) is 0 Å². The van der Waals surface area contributed by atoms with E-state index in [4.69, 9.17) is 0 Å². The van der Waals surface area contributed by atoms with Gasteiger partial charge in [0, 0.05) is 24.5 Å². The monoisotopic (exact) mass is 193 g/mol. The molecule has 2 heterocycles. The lowest BCUT2D eigenvalue weighted by molar-refractivity contribution is 0.293. The van der Waals surface area contributed by atoms with Crippen LogP contribution in [0.5, 0.6) is 0 Å². The summed E-state index contributed by atoms with van der Waals surface area (Å²) in [6.45, 7) is 5.63. The Balaban J connectivity index is 1.94. The van der Waals surface area contributed by atoms with Gasteiger partial charge in [-0.15, -0.1) is 11.3 Å². The van der Waals surface area contributed by atoms with Crippen LogP contribution in [-0.4, -0.2) is 18.0 Å². The molecule has 0 fully saturated rings. The van der Waals surface area contributed by atoms with Crippen LogP contribution < -0.4 is 0 Å². The molecule has 0 spiro atoms. The van der Waals surface area contributed by atoms with Gasteiger partial charge in [0.1, 0.15) is 0 Å². The fourth-order valence-corrected chi connectivity index (χ4v) is 2.54. The normalized spacial score (nSPS) is 17.9. The molecule has 0 bridgehead atoms. The minimum Gasteiger partial charge on any atom is -0.294 e. The van der Waals surface area contributed by atoms with Crippen LogP contribution in [0.3, 0.4) is 0 Å². The summed E-state index contributed by atoms with van der Waals surface area (Å²) in [6.07, 6.45) is 5.75. The van der Waals surface area contributed by atoms with Gasteiger partial charge in [-0.3, -0.25) is 4.90 Å². The molecule has 1 aliphatic heterocycles. The third-order valence-electron chi connectivity index (χ3n) is 2.31. The standard InChI is InChI=1S/C11H15NS/c1-10-7-11(13-9-10)8-12-5-3-2-4-6-12/h2-3,7,9H,4-6,8H2,1H3. The molecule has 0 N–H and O–H groups in total. The van der Waals surface area contributed by atoms with E-state index in [0.717, 1.165) is 13.1 Å². The molecule has 0 saturated heterocycles. The second kappa shape index (κ2) is 4.07. The highest BCUT2D eigenvalue weighted by molar-refractivity contribution is 7.10. The van der Waals surface area contributed by atoms with Crippen LogP contribution in [-0.2, 0) is 6.54 Å². The van der Waals surface area contributed by atoms with Crippen molar-refractivity contribution in [1.82, 2.24) is 4.90 Å². The second-order valence-corrected chi connectivity index (χ2v) is 4.58. The maximum atomic E-state index is 2.49. The Morgan fingerprint density at radius 1 is 1.46 bits per heavy atom. The summed E-state index contributed by atoms with van der Waals surface area (Å²) in [6, 6.07) is 2.29. The molecular formula is C11H15NS. The van der Waals surface area contributed by atoms with Crippen LogP contribution in [0.2, 0.25) is 0 Å². The highest BCUT2D eigenvalue weighted by atomic mass is 32.1. The highest BCUT2D eigenvalue weighted by Gasteiger charge is 2.07. The smallest absolute Gasteiger partial charge is 0.0331 e. The number of thiophene rings is 1. The van der Waals surface area contributed by atoms with Crippen molar-refractivity contribution in [3.63, 3.8) is 0 Å². The Morgan fingerprint density at radius 3 is 3.00 bits per heavy atom. The van der Waals surface area contributed by atoms with E-state index in [1.54, 1.807) is 0 Å². The maximum absolute atomic E-state index is 2.49. The molecule has 0 amide bonds. The van der Waals surface area contributed by atoms with Crippen LogP contribution >= 0.6 is 11.3 Å². The Bertz CT molecular complexity index is 301. The van der Waals surface area contributed by atoms with Crippen molar-refractivity contribution in [2.75, 3.05) is 13.1 Å². The topological polar surface area (TPSA) is 3.24 Å². The van der Waals surface area contributed by atoms with Gasteiger partial charge in [0.15, 0.2) is 0 Å². The summed E-state index contributed by atoms with van der Waals surface area (Å²) in [5.41, 5.74) is 1.40. The number of hydrogen-bond acceptors (Lipinski definition) is 2. The van der Waals surface area contributed by atoms with E-state index in [-0.39, 0.29) is 0 Å². The van der Waals surface area contributed by atoms with Gasteiger partial charge in [0.2, 0.25) is 0 Å². The lowest BCUT2D eigenvalue weighted by atomic mass is 10.2. The molecule has 70 valence electrons. The van der Waals surface area contributed by atoms with Gasteiger partial charge in [-0.1, -0.05) is 12.2 Å². The summed E-state index contributed by atoms with van der Waals surface area (Å²) in [7, 11) is 0. The van der Waals surface area contributed by atoms with Crippen molar-refractivity contribution < 1.29 is 0 Å². The van der Waals surface area contributed by atoms with E-state index in [2.05, 4.69) is 35.4 Å². The van der Waals surface area contributed by atoms with Gasteiger partial charge in [-0.2, -0.15) is 0 Å². The zero-order valence-electron chi connectivity index (χ0n) is 7.99. The zero-order valence-corrected chi connectivity index (χ0v) is 8.81. The van der Waals surface area contributed by atoms with Crippen molar-refractivity contribution >= 4 is 11.3 Å². The van der Waals surface area contributed by atoms with Gasteiger partial charge < -0.3 is 0 Å². The highest BCUT2D eigenvalue weighted by Crippen LogP contribution is 2.16. The molecule has 2 heteroatoms. The first kappa shape index (κ1) is 8.97. The predicted molar refractivity (Wildman–Crippen MR) is 58.1 cm³/mol. The van der Waals surface area contributed by atoms with Gasteiger partial charge >= 0.3 is 0 Å². The van der Waals surface area contributed by atoms with E-state index in [1.807, 2.05) is 11.3 Å². The fourth-order valence-electron chi connectivity index (χ4n) is 1.63. The number of nitrogens with zero attached hydrogens (tertiary/aromatic N) is 1. The number of rotatable bonds is 2. The minimum absolute atomic E-state index is 1.12. The molecule has 1 aromatic rings. The van der Waals surface area contributed by atoms with E-state index in [0.29, 0.717) is 0 Å². The molecule has 0 aliphatic carbocycles. The first-order valence-corrected chi connectivity index (χ1v) is 5.64. The van der Waals surface area contributed by atoms with Crippen LogP contribution in [0.15, 0.2) is 23.6 Å². The second-order valence-electron chi connectivity index (χ2n) is 3.59. The van der Waals surface area contributed by atoms with Crippen LogP contribution in [0.25, 0.3) is 0 Å². The largest absolute Gasteiger partial charge is 0.294 e. The molecule has 0 radical (unpaired) electrons. The lowest BCUT2D eigenvalue weighted by Gasteiger charge is -2.21. The van der Waals surface area contributed by atoms with E-state index < -0.39 is 0 Å². The van der Waals surface area contributed by atoms with Crippen LogP contribution in [0.1, 0.15) is 16.9 Å². The zero-order chi connectivity index (χ0) is 9.10. The summed E-state index contributed by atoms with van der Waals surface area (Å²) in [5.74, 6) is 0. The first-order chi connectivity index (χ1) is 6.34. The summed E-state index contributed by atoms with van der Waals surface area (Å²) in [5, 5.41) is 2.23. The maximum Gasteiger partial charge on any atom is 0.0331 e. The molecule has 1 aromatic heterocycles. The van der Waals surface area contributed by atoms with Gasteiger partial charge in [0.25, 0.3) is 0 Å². The average Bonchev–Trinajstić information content (AvgIpc) is 2.53.